The van der Waals surface area contributed by atoms with Gasteiger partial charge in [0.15, 0.2) is 6.40 Å². The van der Waals surface area contributed by atoms with Crippen LogP contribution in [0.15, 0.2) is 35.0 Å². The van der Waals surface area contributed by atoms with Crippen LogP contribution < -0.4 is 4.74 Å². The zero-order valence-electron chi connectivity index (χ0n) is 14.0. The number of carboxylic acids is 1. The molecule has 0 bridgehead atoms. The maximum Gasteiger partial charge on any atom is 0.303 e. The summed E-state index contributed by atoms with van der Waals surface area (Å²) in [6, 6.07) is 5.85. The van der Waals surface area contributed by atoms with Crippen molar-refractivity contribution in [1.82, 2.24) is 0 Å². The molecule has 0 radical (unpaired) electrons. The smallest absolute Gasteiger partial charge is 0.303 e. The third-order valence-corrected chi connectivity index (χ3v) is 3.33. The minimum Gasteiger partial charge on any atom is -0.493 e. The second kappa shape index (κ2) is 10.4. The first-order valence-electron chi connectivity index (χ1n) is 7.77. The monoisotopic (exact) mass is 319 g/mol. The minimum absolute atomic E-state index is 0.151. The normalized spacial score (nSPS) is 11.7. The van der Waals surface area contributed by atoms with E-state index in [-0.39, 0.29) is 6.42 Å². The Bertz CT molecular complexity index is 564. The number of hydrogen-bond acceptors (Lipinski definition) is 4. The first-order valence-corrected chi connectivity index (χ1v) is 7.77. The SMILES string of the molecule is CCc1cc(OCC/C=C(\C)OC=NC)ccc1CCC(=O)O. The maximum atomic E-state index is 10.7. The number of hydrogen-bond donors (Lipinski definition) is 1. The summed E-state index contributed by atoms with van der Waals surface area (Å²) >= 11 is 0. The Labute approximate surface area is 137 Å². The highest BCUT2D eigenvalue weighted by Crippen LogP contribution is 2.20. The molecule has 0 amide bonds. The molecule has 0 saturated heterocycles. The van der Waals surface area contributed by atoms with Crippen molar-refractivity contribution in [3.8, 4) is 5.75 Å². The first kappa shape index (κ1) is 18.7. The molecule has 1 aromatic carbocycles. The summed E-state index contributed by atoms with van der Waals surface area (Å²) in [4.78, 5) is 14.4. The van der Waals surface area contributed by atoms with Gasteiger partial charge < -0.3 is 14.6 Å². The average molecular weight is 319 g/mol. The molecular weight excluding hydrogens is 294 g/mol. The van der Waals surface area contributed by atoms with E-state index in [0.717, 1.165) is 35.5 Å². The van der Waals surface area contributed by atoms with Gasteiger partial charge in [-0.2, -0.15) is 0 Å². The molecule has 1 rings (SSSR count). The lowest BCUT2D eigenvalue weighted by Crippen LogP contribution is -2.02. The quantitative estimate of drug-likeness (QED) is 0.309. The van der Waals surface area contributed by atoms with Crippen molar-refractivity contribution in [3.63, 3.8) is 0 Å². The van der Waals surface area contributed by atoms with Crippen LogP contribution >= 0.6 is 0 Å². The first-order chi connectivity index (χ1) is 11.1. The molecule has 0 aliphatic rings. The van der Waals surface area contributed by atoms with E-state index in [4.69, 9.17) is 14.6 Å². The van der Waals surface area contributed by atoms with Crippen molar-refractivity contribution in [2.24, 2.45) is 4.99 Å². The number of ether oxygens (including phenoxy) is 2. The van der Waals surface area contributed by atoms with E-state index >= 15 is 0 Å². The minimum atomic E-state index is -0.773. The van der Waals surface area contributed by atoms with Crippen LogP contribution in [-0.2, 0) is 22.4 Å². The number of benzene rings is 1. The lowest BCUT2D eigenvalue weighted by molar-refractivity contribution is -0.136. The number of rotatable bonds is 10. The number of carboxylic acid groups (broad SMARTS) is 1. The molecule has 23 heavy (non-hydrogen) atoms. The van der Waals surface area contributed by atoms with Gasteiger partial charge in [-0.15, -0.1) is 0 Å². The molecule has 0 fully saturated rings. The fourth-order valence-electron chi connectivity index (χ4n) is 2.13. The molecule has 5 heteroatoms. The number of allylic oxidation sites excluding steroid dienone is 1. The number of aryl methyl sites for hydroxylation is 2. The Kier molecular flexibility index (Phi) is 8.50. The Morgan fingerprint density at radius 1 is 1.35 bits per heavy atom. The Hall–Kier alpha value is -2.30. The molecule has 0 heterocycles. The van der Waals surface area contributed by atoms with E-state index < -0.39 is 5.97 Å². The Balaban J connectivity index is 2.53. The molecule has 0 aliphatic heterocycles. The van der Waals surface area contributed by atoms with Crippen LogP contribution in [0.4, 0.5) is 0 Å². The van der Waals surface area contributed by atoms with E-state index in [1.54, 1.807) is 7.05 Å². The zero-order chi connectivity index (χ0) is 17.1. The number of aliphatic imine (C=N–C) groups is 1. The molecule has 1 aromatic rings. The molecule has 1 N–H and O–H groups in total. The maximum absolute atomic E-state index is 10.7. The van der Waals surface area contributed by atoms with Crippen molar-refractivity contribution < 1.29 is 19.4 Å². The van der Waals surface area contributed by atoms with Crippen LogP contribution in [0.25, 0.3) is 0 Å². The number of nitrogens with zero attached hydrogens (tertiary/aromatic N) is 1. The van der Waals surface area contributed by atoms with Crippen LogP contribution in [0.5, 0.6) is 5.75 Å². The summed E-state index contributed by atoms with van der Waals surface area (Å²) in [6.07, 6.45) is 5.65. The van der Waals surface area contributed by atoms with E-state index in [0.29, 0.717) is 13.0 Å². The molecule has 0 aromatic heterocycles. The zero-order valence-corrected chi connectivity index (χ0v) is 14.0. The van der Waals surface area contributed by atoms with Gasteiger partial charge in [0.2, 0.25) is 0 Å². The molecule has 0 atom stereocenters. The summed E-state index contributed by atoms with van der Waals surface area (Å²) < 4.78 is 10.9. The van der Waals surface area contributed by atoms with Crippen LogP contribution in [0.3, 0.4) is 0 Å². The second-order valence-electron chi connectivity index (χ2n) is 5.11. The lowest BCUT2D eigenvalue weighted by Gasteiger charge is -2.11. The summed E-state index contributed by atoms with van der Waals surface area (Å²) in [5.74, 6) is 0.824. The van der Waals surface area contributed by atoms with Gasteiger partial charge in [-0.25, -0.2) is 0 Å². The summed E-state index contributed by atoms with van der Waals surface area (Å²) in [6.45, 7) is 4.48. The second-order valence-corrected chi connectivity index (χ2v) is 5.11. The number of aliphatic carboxylic acids is 1. The third kappa shape index (κ3) is 7.49. The third-order valence-electron chi connectivity index (χ3n) is 3.33. The summed E-state index contributed by atoms with van der Waals surface area (Å²) in [7, 11) is 1.65. The van der Waals surface area contributed by atoms with E-state index in [2.05, 4.69) is 11.9 Å². The van der Waals surface area contributed by atoms with E-state index in [9.17, 15) is 4.79 Å². The van der Waals surface area contributed by atoms with Gasteiger partial charge in [0.25, 0.3) is 0 Å². The largest absolute Gasteiger partial charge is 0.493 e. The fraction of sp³-hybridized carbons (Fsp3) is 0.444. The Morgan fingerprint density at radius 2 is 2.13 bits per heavy atom. The van der Waals surface area contributed by atoms with Crippen LogP contribution in [0.1, 0.15) is 37.8 Å². The molecule has 0 spiro atoms. The van der Waals surface area contributed by atoms with Gasteiger partial charge in [-0.1, -0.05) is 13.0 Å². The predicted molar refractivity (Wildman–Crippen MR) is 91.1 cm³/mol. The van der Waals surface area contributed by atoms with Crippen molar-refractivity contribution in [2.45, 2.75) is 39.5 Å². The van der Waals surface area contributed by atoms with Crippen LogP contribution in [0, 0.1) is 0 Å². The summed E-state index contributed by atoms with van der Waals surface area (Å²) in [5.41, 5.74) is 2.21. The number of carbonyl (C=O) groups is 1. The standard InChI is InChI=1S/C18H25NO4/c1-4-15-12-17(9-7-16(15)8-10-18(20)21)22-11-5-6-14(2)23-13-19-3/h6-7,9,12-13H,4-5,8,10-11H2,1-3H3,(H,20,21)/b14-6+,19-13?. The molecule has 0 saturated carbocycles. The van der Waals surface area contributed by atoms with Gasteiger partial charge >= 0.3 is 5.97 Å². The Morgan fingerprint density at radius 3 is 2.78 bits per heavy atom. The van der Waals surface area contributed by atoms with E-state index in [1.807, 2.05) is 31.2 Å². The van der Waals surface area contributed by atoms with Crippen LogP contribution in [-0.4, -0.2) is 31.1 Å². The van der Waals surface area contributed by atoms with Crippen LogP contribution in [0.2, 0.25) is 0 Å². The topological polar surface area (TPSA) is 68.1 Å². The predicted octanol–water partition coefficient (Wildman–Crippen LogP) is 3.61. The van der Waals surface area contributed by atoms with Gasteiger partial charge in [0, 0.05) is 19.9 Å². The van der Waals surface area contributed by atoms with Gasteiger partial charge in [0.1, 0.15) is 5.75 Å². The fourth-order valence-corrected chi connectivity index (χ4v) is 2.13. The van der Waals surface area contributed by atoms with E-state index in [1.165, 1.54) is 6.40 Å². The van der Waals surface area contributed by atoms with Gasteiger partial charge in [-0.05, 0) is 49.1 Å². The molecule has 0 aliphatic carbocycles. The van der Waals surface area contributed by atoms with Crippen molar-refractivity contribution in [1.29, 1.82) is 0 Å². The molecule has 5 nitrogen and oxygen atoms in total. The molecule has 126 valence electrons. The lowest BCUT2D eigenvalue weighted by atomic mass is 10.0. The summed E-state index contributed by atoms with van der Waals surface area (Å²) in [5, 5.41) is 8.79. The highest BCUT2D eigenvalue weighted by molar-refractivity contribution is 5.67. The molecular formula is C18H25NO4. The highest BCUT2D eigenvalue weighted by atomic mass is 16.5. The van der Waals surface area contributed by atoms with Gasteiger partial charge in [0.05, 0.1) is 12.4 Å². The average Bonchev–Trinajstić information content (AvgIpc) is 2.55. The van der Waals surface area contributed by atoms with Crippen molar-refractivity contribution in [3.05, 3.63) is 41.2 Å². The van der Waals surface area contributed by atoms with Crippen molar-refractivity contribution in [2.75, 3.05) is 13.7 Å². The highest BCUT2D eigenvalue weighted by Gasteiger charge is 2.06. The van der Waals surface area contributed by atoms with Crippen molar-refractivity contribution >= 4 is 12.4 Å². The van der Waals surface area contributed by atoms with Gasteiger partial charge in [-0.3, -0.25) is 9.79 Å². The molecule has 0 unspecified atom stereocenters.